The largest absolute Gasteiger partial charge is 0.375 e. The number of hydrogen-bond donors (Lipinski definition) is 0. The molecule has 0 unspecified atom stereocenters. The Bertz CT molecular complexity index is 3680. The fourth-order valence-corrected chi connectivity index (χ4v) is 15.7. The van der Waals surface area contributed by atoms with E-state index in [1.165, 1.54) is 150 Å². The Kier molecular flexibility index (Phi) is 8.25. The molecule has 0 spiro atoms. The summed E-state index contributed by atoms with van der Waals surface area (Å²) in [5.74, 6) is 0. The van der Waals surface area contributed by atoms with Crippen LogP contribution >= 0.6 is 22.7 Å². The summed E-state index contributed by atoms with van der Waals surface area (Å²) in [5, 5.41) is 6.89. The summed E-state index contributed by atoms with van der Waals surface area (Å²) in [6.45, 7) is 34.1. The van der Waals surface area contributed by atoms with Gasteiger partial charge in [0.25, 0.3) is 0 Å². The SMILES string of the molecule is CC(C)(C)c1ccc2c(c1)c1cc(C(C)(C)C)cc3c1n2B1c2sc4cc5c(cc4c2N(c2ccc4c(c2)C(C)(C)CCC4(C)C)c2c1c-3cc1c2sc2ccccc21)C(C)(C)CCC5(C)C. The predicted molar refractivity (Wildman–Crippen MR) is 296 cm³/mol. The van der Waals surface area contributed by atoms with E-state index in [0.717, 1.165) is 0 Å². The molecule has 6 aromatic carbocycles. The second kappa shape index (κ2) is 13.1. The zero-order chi connectivity index (χ0) is 46.9. The van der Waals surface area contributed by atoms with E-state index in [0.29, 0.717) is 0 Å². The molecule has 3 aromatic heterocycles. The van der Waals surface area contributed by atoms with Crippen molar-refractivity contribution < 1.29 is 0 Å². The van der Waals surface area contributed by atoms with Crippen molar-refractivity contribution in [1.82, 2.24) is 4.48 Å². The average Bonchev–Trinajstić information content (AvgIpc) is 3.94. The molecule has 9 aromatic rings. The van der Waals surface area contributed by atoms with Gasteiger partial charge in [-0.15, -0.1) is 22.7 Å². The van der Waals surface area contributed by atoms with Crippen LogP contribution in [0.1, 0.15) is 156 Å². The number of benzene rings is 6. The van der Waals surface area contributed by atoms with Crippen LogP contribution < -0.4 is 15.1 Å². The number of fused-ring (bicyclic) bond motifs is 15. The van der Waals surface area contributed by atoms with Gasteiger partial charge in [-0.1, -0.05) is 127 Å². The third-order valence-electron chi connectivity index (χ3n) is 17.6. The van der Waals surface area contributed by atoms with E-state index < -0.39 is 0 Å². The minimum Gasteiger partial charge on any atom is -0.375 e. The lowest BCUT2D eigenvalue weighted by Gasteiger charge is -2.44. The van der Waals surface area contributed by atoms with Crippen molar-refractivity contribution in [2.75, 3.05) is 4.90 Å². The Balaban J connectivity index is 1.25. The molecule has 0 atom stereocenters. The van der Waals surface area contributed by atoms with Crippen molar-refractivity contribution in [3.05, 3.63) is 124 Å². The summed E-state index contributed by atoms with van der Waals surface area (Å²) < 4.78 is 8.45. The third-order valence-corrected chi connectivity index (χ3v) is 20.0. The molecule has 5 heteroatoms. The van der Waals surface area contributed by atoms with Gasteiger partial charge in [-0.2, -0.15) is 0 Å². The summed E-state index contributed by atoms with van der Waals surface area (Å²) in [5.41, 5.74) is 20.3. The Morgan fingerprint density at radius 3 is 1.81 bits per heavy atom. The highest BCUT2D eigenvalue weighted by Gasteiger charge is 2.48. The van der Waals surface area contributed by atoms with Crippen molar-refractivity contribution in [1.29, 1.82) is 0 Å². The lowest BCUT2D eigenvalue weighted by Crippen LogP contribution is -2.55. The van der Waals surface area contributed by atoms with Gasteiger partial charge in [0.05, 0.1) is 16.1 Å². The van der Waals surface area contributed by atoms with E-state index in [1.807, 2.05) is 11.3 Å². The van der Waals surface area contributed by atoms with Crippen molar-refractivity contribution in [2.45, 2.75) is 155 Å². The van der Waals surface area contributed by atoms with Crippen LogP contribution in [0.2, 0.25) is 0 Å². The molecule has 2 nitrogen and oxygen atoms in total. The molecule has 0 saturated carbocycles. The third kappa shape index (κ3) is 5.68. The zero-order valence-corrected chi connectivity index (χ0v) is 43.9. The fourth-order valence-electron chi connectivity index (χ4n) is 13.2. The minimum absolute atomic E-state index is 0.00258. The maximum Gasteiger partial charge on any atom is 0.343 e. The molecule has 0 radical (unpaired) electrons. The van der Waals surface area contributed by atoms with Crippen LogP contribution in [0.4, 0.5) is 17.1 Å². The molecule has 338 valence electrons. The van der Waals surface area contributed by atoms with Crippen molar-refractivity contribution >= 4 is 109 Å². The number of hydrogen-bond acceptors (Lipinski definition) is 3. The van der Waals surface area contributed by atoms with Gasteiger partial charge in [0, 0.05) is 63.4 Å². The lowest BCUT2D eigenvalue weighted by molar-refractivity contribution is 0.332. The number of rotatable bonds is 1. The van der Waals surface area contributed by atoms with Crippen molar-refractivity contribution in [3.63, 3.8) is 0 Å². The summed E-state index contributed by atoms with van der Waals surface area (Å²) >= 11 is 4.07. The molecule has 0 saturated heterocycles. The first-order valence-corrected chi connectivity index (χ1v) is 26.8. The average molecular weight is 913 g/mol. The summed E-state index contributed by atoms with van der Waals surface area (Å²) in [7, 11) is 0. The van der Waals surface area contributed by atoms with Gasteiger partial charge in [0.15, 0.2) is 0 Å². The highest BCUT2D eigenvalue weighted by atomic mass is 32.1. The van der Waals surface area contributed by atoms with E-state index >= 15 is 0 Å². The van der Waals surface area contributed by atoms with Gasteiger partial charge >= 0.3 is 6.85 Å². The molecular weight excluding hydrogens is 848 g/mol. The van der Waals surface area contributed by atoms with Gasteiger partial charge in [-0.05, 0) is 163 Å². The standard InChI is InChI=1S/C62H65BN2S2/c1-57(2,3)34-19-22-48-38(27-34)40-28-35(58(4,5)6)29-41-39-31-42-37-17-15-16-18-49(37)66-55(42)54-51(39)63(65(48)52(40)41)56-53(43-32-46-47(33-50(43)67-56)62(13,14)26-25-61(46,11)12)64(54)36-20-21-44-45(30-36)60(9,10)24-23-59(44,7)8/h15-22,27-33H,23-26H2,1-14H3. The van der Waals surface area contributed by atoms with E-state index in [4.69, 9.17) is 0 Å². The van der Waals surface area contributed by atoms with Crippen LogP contribution in [0.15, 0.2) is 91.0 Å². The molecule has 2 aliphatic carbocycles. The molecule has 2 aliphatic heterocycles. The summed E-state index contributed by atoms with van der Waals surface area (Å²) in [6, 6.07) is 37.4. The molecule has 13 rings (SSSR count). The predicted octanol–water partition coefficient (Wildman–Crippen LogP) is 17.1. The molecule has 4 aliphatic rings. The maximum absolute atomic E-state index is 2.82. The first-order valence-electron chi connectivity index (χ1n) is 25.1. The Labute approximate surface area is 406 Å². The Hall–Kier alpha value is -4.84. The van der Waals surface area contributed by atoms with Crippen molar-refractivity contribution in [3.8, 4) is 11.1 Å². The normalized spacial score (nSPS) is 18.8. The van der Waals surface area contributed by atoms with Crippen LogP contribution in [0.5, 0.6) is 0 Å². The zero-order valence-electron chi connectivity index (χ0n) is 42.3. The van der Waals surface area contributed by atoms with Crippen LogP contribution in [0.25, 0.3) is 63.2 Å². The van der Waals surface area contributed by atoms with E-state index in [1.54, 1.807) is 0 Å². The molecule has 0 N–H and O–H groups in total. The smallest absolute Gasteiger partial charge is 0.343 e. The Morgan fingerprint density at radius 2 is 1.12 bits per heavy atom. The van der Waals surface area contributed by atoms with Crippen LogP contribution in [-0.2, 0) is 32.5 Å². The molecule has 0 amide bonds. The van der Waals surface area contributed by atoms with Gasteiger partial charge in [0.2, 0.25) is 0 Å². The van der Waals surface area contributed by atoms with Gasteiger partial charge in [-0.25, -0.2) is 0 Å². The second-order valence-electron chi connectivity index (χ2n) is 25.9. The minimum atomic E-state index is -0.0358. The number of aromatic nitrogens is 1. The number of thiophene rings is 2. The van der Waals surface area contributed by atoms with E-state index in [9.17, 15) is 0 Å². The molecule has 0 fully saturated rings. The molecule has 67 heavy (non-hydrogen) atoms. The van der Waals surface area contributed by atoms with Gasteiger partial charge < -0.3 is 9.38 Å². The molecular formula is C62H65BN2S2. The van der Waals surface area contributed by atoms with Crippen LogP contribution in [0.3, 0.4) is 0 Å². The lowest BCUT2D eigenvalue weighted by atomic mass is 9.48. The number of anilines is 3. The summed E-state index contributed by atoms with van der Waals surface area (Å²) in [6.07, 6.45) is 4.79. The van der Waals surface area contributed by atoms with E-state index in [2.05, 4.69) is 209 Å². The second-order valence-corrected chi connectivity index (χ2v) is 28.0. The number of nitrogens with zero attached hydrogens (tertiary/aromatic N) is 2. The highest BCUT2D eigenvalue weighted by molar-refractivity contribution is 7.32. The quantitative estimate of drug-likeness (QED) is 0.149. The fraction of sp³-hybridized carbons (Fsp3) is 0.387. The van der Waals surface area contributed by atoms with Crippen LogP contribution in [-0.4, -0.2) is 11.3 Å². The first kappa shape index (κ1) is 42.3. The maximum atomic E-state index is 2.82. The van der Waals surface area contributed by atoms with Crippen LogP contribution in [0, 0.1) is 0 Å². The Morgan fingerprint density at radius 1 is 0.493 bits per heavy atom. The van der Waals surface area contributed by atoms with Gasteiger partial charge in [0.1, 0.15) is 0 Å². The summed E-state index contributed by atoms with van der Waals surface area (Å²) in [4.78, 5) is 2.81. The first-order chi connectivity index (χ1) is 31.4. The topological polar surface area (TPSA) is 8.17 Å². The highest BCUT2D eigenvalue weighted by Crippen LogP contribution is 2.57. The van der Waals surface area contributed by atoms with Crippen molar-refractivity contribution in [2.24, 2.45) is 0 Å². The molecule has 0 bridgehead atoms. The van der Waals surface area contributed by atoms with Gasteiger partial charge in [-0.3, -0.25) is 0 Å². The molecule has 5 heterocycles. The van der Waals surface area contributed by atoms with E-state index in [-0.39, 0.29) is 39.3 Å². The monoisotopic (exact) mass is 912 g/mol.